The van der Waals surface area contributed by atoms with Crippen LogP contribution in [0.4, 0.5) is 11.4 Å². The van der Waals surface area contributed by atoms with Gasteiger partial charge in [0.1, 0.15) is 0 Å². The molecule has 35 heavy (non-hydrogen) atoms. The van der Waals surface area contributed by atoms with Crippen LogP contribution in [0.25, 0.3) is 0 Å². The lowest BCUT2D eigenvalue weighted by atomic mass is 9.68. The Bertz CT molecular complexity index is 778. The highest BCUT2D eigenvalue weighted by atomic mass is 16.5. The van der Waals surface area contributed by atoms with Gasteiger partial charge in [-0.2, -0.15) is 0 Å². The zero-order valence-electron chi connectivity index (χ0n) is 22.8. The van der Waals surface area contributed by atoms with E-state index < -0.39 is 0 Å². The molecule has 2 aliphatic heterocycles. The van der Waals surface area contributed by atoms with E-state index in [0.29, 0.717) is 11.5 Å². The molecule has 1 spiro atoms. The number of benzene rings is 1. The second-order valence-electron chi connectivity index (χ2n) is 12.2. The Kier molecular flexibility index (Phi) is 8.60. The second kappa shape index (κ2) is 11.9. The van der Waals surface area contributed by atoms with Gasteiger partial charge in [0.25, 0.3) is 0 Å². The minimum Gasteiger partial charge on any atom is -0.381 e. The first-order chi connectivity index (χ1) is 17.2. The standard InChI is InChI=1S/C31H51N3O/c1-3-4-7-18-32-21-23-34(24-22-32)30-9-8-27(33-19-12-28(35-2)13-20-33)25-29(30)26-10-16-31(17-11-26)14-5-6-15-31/h8-9,25-26,28H,3-7,10-24H2,1-2H3. The lowest BCUT2D eigenvalue weighted by molar-refractivity contribution is 0.0819. The van der Waals surface area contributed by atoms with E-state index in [1.807, 2.05) is 7.11 Å². The number of piperazine rings is 1. The minimum absolute atomic E-state index is 0.444. The lowest BCUT2D eigenvalue weighted by Crippen LogP contribution is -2.47. The Morgan fingerprint density at radius 1 is 0.829 bits per heavy atom. The third kappa shape index (κ3) is 6.01. The molecule has 0 aromatic heterocycles. The Hall–Kier alpha value is -1.26. The second-order valence-corrected chi connectivity index (χ2v) is 12.2. The fraction of sp³-hybridized carbons (Fsp3) is 0.806. The maximum Gasteiger partial charge on any atom is 0.0605 e. The normalized spacial score (nSPS) is 24.5. The van der Waals surface area contributed by atoms with Gasteiger partial charge in [-0.1, -0.05) is 32.6 Å². The summed E-state index contributed by atoms with van der Waals surface area (Å²) in [6.07, 6.45) is 18.5. The zero-order valence-corrected chi connectivity index (χ0v) is 22.8. The van der Waals surface area contributed by atoms with Gasteiger partial charge < -0.3 is 14.5 Å². The summed E-state index contributed by atoms with van der Waals surface area (Å²) in [5.41, 5.74) is 5.39. The molecule has 4 aliphatic rings. The van der Waals surface area contributed by atoms with Crippen LogP contribution in [0.5, 0.6) is 0 Å². The summed E-state index contributed by atoms with van der Waals surface area (Å²) in [4.78, 5) is 8.05. The first-order valence-corrected chi connectivity index (χ1v) is 15.1. The SMILES string of the molecule is CCCCCN1CCN(c2ccc(N3CCC(OC)CC3)cc2C2CCC3(CCCC3)CC2)CC1. The van der Waals surface area contributed by atoms with Gasteiger partial charge in [-0.15, -0.1) is 0 Å². The largest absolute Gasteiger partial charge is 0.381 e. The molecular formula is C31H51N3O. The number of rotatable bonds is 8. The van der Waals surface area contributed by atoms with Crippen LogP contribution in [-0.4, -0.2) is 63.9 Å². The summed E-state index contributed by atoms with van der Waals surface area (Å²) in [5, 5.41) is 0. The Labute approximate surface area is 215 Å². The first-order valence-electron chi connectivity index (χ1n) is 15.1. The van der Waals surface area contributed by atoms with Gasteiger partial charge in [-0.3, -0.25) is 4.90 Å². The zero-order chi connectivity index (χ0) is 24.1. The van der Waals surface area contributed by atoms with Gasteiger partial charge in [0, 0.05) is 57.8 Å². The molecule has 2 saturated heterocycles. The Balaban J connectivity index is 1.31. The molecule has 4 fully saturated rings. The number of ether oxygens (including phenoxy) is 1. The number of hydrogen-bond acceptors (Lipinski definition) is 4. The molecule has 2 aliphatic carbocycles. The average molecular weight is 482 g/mol. The van der Waals surface area contributed by atoms with E-state index >= 15 is 0 Å². The van der Waals surface area contributed by atoms with Crippen molar-refractivity contribution in [2.45, 2.75) is 102 Å². The maximum atomic E-state index is 5.64. The van der Waals surface area contributed by atoms with Gasteiger partial charge in [-0.25, -0.2) is 0 Å². The van der Waals surface area contributed by atoms with E-state index in [0.717, 1.165) is 31.8 Å². The van der Waals surface area contributed by atoms with Gasteiger partial charge in [0.2, 0.25) is 0 Å². The molecule has 1 aromatic carbocycles. The van der Waals surface area contributed by atoms with E-state index in [-0.39, 0.29) is 0 Å². The van der Waals surface area contributed by atoms with Gasteiger partial charge >= 0.3 is 0 Å². The molecule has 2 heterocycles. The van der Waals surface area contributed by atoms with Gasteiger partial charge in [0.15, 0.2) is 0 Å². The van der Waals surface area contributed by atoms with Crippen molar-refractivity contribution in [1.82, 2.24) is 4.90 Å². The fourth-order valence-corrected chi connectivity index (χ4v) is 7.67. The molecular weight excluding hydrogens is 430 g/mol. The van der Waals surface area contributed by atoms with Crippen molar-refractivity contribution in [3.05, 3.63) is 23.8 Å². The quantitative estimate of drug-likeness (QED) is 0.379. The summed E-state index contributed by atoms with van der Waals surface area (Å²) in [6, 6.07) is 7.55. The highest BCUT2D eigenvalue weighted by Gasteiger charge is 2.38. The van der Waals surface area contributed by atoms with E-state index in [4.69, 9.17) is 4.74 Å². The van der Waals surface area contributed by atoms with Crippen molar-refractivity contribution >= 4 is 11.4 Å². The number of methoxy groups -OCH3 is 1. The van der Waals surface area contributed by atoms with Crippen molar-refractivity contribution in [1.29, 1.82) is 0 Å². The van der Waals surface area contributed by atoms with E-state index in [1.165, 1.54) is 109 Å². The van der Waals surface area contributed by atoms with Crippen LogP contribution in [0.15, 0.2) is 18.2 Å². The molecule has 0 N–H and O–H groups in total. The highest BCUT2D eigenvalue weighted by molar-refractivity contribution is 5.63. The van der Waals surface area contributed by atoms with E-state index in [2.05, 4.69) is 39.8 Å². The molecule has 0 amide bonds. The fourth-order valence-electron chi connectivity index (χ4n) is 7.67. The topological polar surface area (TPSA) is 19.0 Å². The monoisotopic (exact) mass is 481 g/mol. The van der Waals surface area contributed by atoms with Crippen molar-refractivity contribution in [3.8, 4) is 0 Å². The summed E-state index contributed by atoms with van der Waals surface area (Å²) in [7, 11) is 1.87. The predicted molar refractivity (Wildman–Crippen MR) is 149 cm³/mol. The maximum absolute atomic E-state index is 5.64. The number of hydrogen-bond donors (Lipinski definition) is 0. The molecule has 0 radical (unpaired) electrons. The van der Waals surface area contributed by atoms with Crippen LogP contribution in [0.2, 0.25) is 0 Å². The molecule has 0 unspecified atom stereocenters. The number of piperidine rings is 1. The molecule has 0 atom stereocenters. The van der Waals surface area contributed by atoms with Crippen molar-refractivity contribution in [3.63, 3.8) is 0 Å². The number of nitrogens with zero attached hydrogens (tertiary/aromatic N) is 3. The minimum atomic E-state index is 0.444. The van der Waals surface area contributed by atoms with Crippen LogP contribution in [0.1, 0.15) is 102 Å². The van der Waals surface area contributed by atoms with Crippen molar-refractivity contribution < 1.29 is 4.74 Å². The molecule has 1 aromatic rings. The first kappa shape index (κ1) is 25.4. The Morgan fingerprint density at radius 3 is 2.20 bits per heavy atom. The molecule has 2 saturated carbocycles. The van der Waals surface area contributed by atoms with Crippen molar-refractivity contribution in [2.24, 2.45) is 5.41 Å². The summed E-state index contributed by atoms with van der Waals surface area (Å²) >= 11 is 0. The summed E-state index contributed by atoms with van der Waals surface area (Å²) in [5.74, 6) is 0.746. The third-order valence-corrected chi connectivity index (χ3v) is 10.1. The molecule has 196 valence electrons. The molecule has 4 nitrogen and oxygen atoms in total. The van der Waals surface area contributed by atoms with Crippen LogP contribution in [0.3, 0.4) is 0 Å². The lowest BCUT2D eigenvalue weighted by Gasteiger charge is -2.41. The third-order valence-electron chi connectivity index (χ3n) is 10.1. The van der Waals surface area contributed by atoms with Gasteiger partial charge in [-0.05, 0) is 99.4 Å². The molecule has 4 heteroatoms. The smallest absolute Gasteiger partial charge is 0.0605 e. The van der Waals surface area contributed by atoms with Crippen molar-refractivity contribution in [2.75, 3.05) is 62.7 Å². The summed E-state index contributed by atoms with van der Waals surface area (Å²) < 4.78 is 5.64. The summed E-state index contributed by atoms with van der Waals surface area (Å²) in [6.45, 7) is 10.7. The Morgan fingerprint density at radius 2 is 1.54 bits per heavy atom. The van der Waals surface area contributed by atoms with Gasteiger partial charge in [0.05, 0.1) is 6.10 Å². The predicted octanol–water partition coefficient (Wildman–Crippen LogP) is 6.83. The number of anilines is 2. The number of unbranched alkanes of at least 4 members (excludes halogenated alkanes) is 2. The molecule has 0 bridgehead atoms. The van der Waals surface area contributed by atoms with Crippen LogP contribution >= 0.6 is 0 Å². The highest BCUT2D eigenvalue weighted by Crippen LogP contribution is 2.53. The molecule has 5 rings (SSSR count). The van der Waals surface area contributed by atoms with Crippen LogP contribution < -0.4 is 9.80 Å². The van der Waals surface area contributed by atoms with E-state index in [9.17, 15) is 0 Å². The van der Waals surface area contributed by atoms with Crippen LogP contribution in [-0.2, 0) is 4.74 Å². The average Bonchev–Trinajstić information content (AvgIpc) is 3.37. The van der Waals surface area contributed by atoms with E-state index in [1.54, 1.807) is 11.3 Å². The van der Waals surface area contributed by atoms with Crippen LogP contribution in [0, 0.1) is 5.41 Å².